The molecule has 2 heterocycles. The smallest absolute Gasteiger partial charge is 0.271 e. The molecule has 2 aliphatic rings. The van der Waals surface area contributed by atoms with E-state index in [9.17, 15) is 9.90 Å². The number of carbonyl (C=O) groups excluding carboxylic acids is 1. The Hall–Kier alpha value is -1.40. The van der Waals surface area contributed by atoms with Gasteiger partial charge >= 0.3 is 0 Å². The third kappa shape index (κ3) is 3.33. The van der Waals surface area contributed by atoms with Crippen molar-refractivity contribution < 1.29 is 9.90 Å². The maximum Gasteiger partial charge on any atom is 0.271 e. The molecule has 1 amide bonds. The highest BCUT2D eigenvalue weighted by Crippen LogP contribution is 2.26. The molecule has 0 aromatic carbocycles. The van der Waals surface area contributed by atoms with E-state index < -0.39 is 6.10 Å². The normalized spacial score (nSPS) is 30.2. The van der Waals surface area contributed by atoms with E-state index in [2.05, 4.69) is 15.2 Å². The standard InChI is InChI=1S/C16H26N4O2/c1-19-10-13(17-11-19)16(22)18-12-6-2-3-7-14(15(12)21)20-8-4-5-9-20/h10-12,14-15,21H,2-9H2,1H3,(H,18,22)/t12-,14-,15-/m1/s1. The molecule has 0 bridgehead atoms. The van der Waals surface area contributed by atoms with Gasteiger partial charge in [-0.1, -0.05) is 12.8 Å². The van der Waals surface area contributed by atoms with Gasteiger partial charge in [-0.25, -0.2) is 4.98 Å². The van der Waals surface area contributed by atoms with Crippen LogP contribution in [0.4, 0.5) is 0 Å². The van der Waals surface area contributed by atoms with E-state index in [4.69, 9.17) is 0 Å². The number of aliphatic hydroxyl groups is 1. The minimum absolute atomic E-state index is 0.178. The molecule has 0 unspecified atom stereocenters. The first-order chi connectivity index (χ1) is 10.6. The molecular weight excluding hydrogens is 280 g/mol. The summed E-state index contributed by atoms with van der Waals surface area (Å²) in [7, 11) is 1.84. The molecule has 1 saturated heterocycles. The van der Waals surface area contributed by atoms with Gasteiger partial charge in [-0.2, -0.15) is 0 Å². The van der Waals surface area contributed by atoms with E-state index in [1.165, 1.54) is 12.8 Å². The van der Waals surface area contributed by atoms with Crippen molar-refractivity contribution in [3.8, 4) is 0 Å². The summed E-state index contributed by atoms with van der Waals surface area (Å²) in [4.78, 5) is 18.8. The maximum absolute atomic E-state index is 12.3. The first-order valence-electron chi connectivity index (χ1n) is 8.36. The largest absolute Gasteiger partial charge is 0.389 e. The number of amides is 1. The molecular formula is C16H26N4O2. The summed E-state index contributed by atoms with van der Waals surface area (Å²) >= 11 is 0. The van der Waals surface area contributed by atoms with Crippen molar-refractivity contribution in [3.63, 3.8) is 0 Å². The fourth-order valence-corrected chi connectivity index (χ4v) is 3.73. The molecule has 2 N–H and O–H groups in total. The number of aryl methyl sites for hydroxylation is 1. The molecule has 2 fully saturated rings. The Morgan fingerprint density at radius 1 is 1.27 bits per heavy atom. The number of aliphatic hydroxyl groups excluding tert-OH is 1. The summed E-state index contributed by atoms with van der Waals surface area (Å²) in [5.41, 5.74) is 0.414. The molecule has 1 saturated carbocycles. The molecule has 122 valence electrons. The van der Waals surface area contributed by atoms with Crippen LogP contribution in [0.5, 0.6) is 0 Å². The highest BCUT2D eigenvalue weighted by molar-refractivity contribution is 5.92. The summed E-state index contributed by atoms with van der Waals surface area (Å²) in [6.45, 7) is 2.14. The Bertz CT molecular complexity index is 510. The molecule has 3 atom stereocenters. The van der Waals surface area contributed by atoms with Gasteiger partial charge < -0.3 is 15.0 Å². The highest BCUT2D eigenvalue weighted by Gasteiger charge is 2.35. The summed E-state index contributed by atoms with van der Waals surface area (Å²) in [6.07, 6.45) is 9.29. The molecule has 1 aromatic heterocycles. The lowest BCUT2D eigenvalue weighted by Gasteiger charge is -2.34. The van der Waals surface area contributed by atoms with E-state index in [1.807, 2.05) is 7.05 Å². The van der Waals surface area contributed by atoms with E-state index in [0.29, 0.717) is 5.69 Å². The molecule has 1 aromatic rings. The zero-order valence-corrected chi connectivity index (χ0v) is 13.2. The van der Waals surface area contributed by atoms with Crippen molar-refractivity contribution in [1.82, 2.24) is 19.8 Å². The zero-order chi connectivity index (χ0) is 15.5. The zero-order valence-electron chi connectivity index (χ0n) is 13.2. The van der Waals surface area contributed by atoms with Gasteiger partial charge in [-0.3, -0.25) is 9.69 Å². The van der Waals surface area contributed by atoms with Gasteiger partial charge in [0.25, 0.3) is 5.91 Å². The van der Waals surface area contributed by atoms with E-state index in [-0.39, 0.29) is 18.0 Å². The lowest BCUT2D eigenvalue weighted by Crippen LogP contribution is -2.52. The van der Waals surface area contributed by atoms with Crippen LogP contribution >= 0.6 is 0 Å². The van der Waals surface area contributed by atoms with Gasteiger partial charge in [0.2, 0.25) is 0 Å². The predicted octanol–water partition coefficient (Wildman–Crippen LogP) is 0.918. The number of nitrogens with one attached hydrogen (secondary N) is 1. The van der Waals surface area contributed by atoms with Crippen LogP contribution in [-0.4, -0.2) is 56.7 Å². The summed E-state index contributed by atoms with van der Waals surface area (Å²) < 4.78 is 1.76. The van der Waals surface area contributed by atoms with Gasteiger partial charge in [0.1, 0.15) is 5.69 Å². The number of hydrogen-bond acceptors (Lipinski definition) is 4. The number of imidazole rings is 1. The SMILES string of the molecule is Cn1cnc(C(=O)N[C@@H]2CCCC[C@@H](N3CCCC3)[C@@H]2O)c1. The van der Waals surface area contributed by atoms with Gasteiger partial charge in [-0.15, -0.1) is 0 Å². The van der Waals surface area contributed by atoms with Crippen molar-refractivity contribution in [2.24, 2.45) is 7.05 Å². The third-order valence-electron chi connectivity index (χ3n) is 4.94. The molecule has 1 aliphatic heterocycles. The van der Waals surface area contributed by atoms with Crippen molar-refractivity contribution in [2.45, 2.75) is 56.7 Å². The fraction of sp³-hybridized carbons (Fsp3) is 0.750. The van der Waals surface area contributed by atoms with Crippen LogP contribution in [0.3, 0.4) is 0 Å². The average Bonchev–Trinajstić information content (AvgIpc) is 3.13. The third-order valence-corrected chi connectivity index (χ3v) is 4.94. The van der Waals surface area contributed by atoms with Crippen LogP contribution in [0.25, 0.3) is 0 Å². The van der Waals surface area contributed by atoms with Crippen LogP contribution in [0.2, 0.25) is 0 Å². The Balaban J connectivity index is 1.67. The Morgan fingerprint density at radius 3 is 2.68 bits per heavy atom. The number of aromatic nitrogens is 2. The number of nitrogens with zero attached hydrogens (tertiary/aromatic N) is 3. The van der Waals surface area contributed by atoms with Crippen molar-refractivity contribution in [1.29, 1.82) is 0 Å². The predicted molar refractivity (Wildman–Crippen MR) is 83.5 cm³/mol. The lowest BCUT2D eigenvalue weighted by atomic mass is 10.00. The van der Waals surface area contributed by atoms with Crippen molar-refractivity contribution >= 4 is 5.91 Å². The molecule has 6 heteroatoms. The quantitative estimate of drug-likeness (QED) is 0.815. The van der Waals surface area contributed by atoms with E-state index in [0.717, 1.165) is 38.8 Å². The number of rotatable bonds is 3. The first-order valence-corrected chi connectivity index (χ1v) is 8.36. The molecule has 0 radical (unpaired) electrons. The van der Waals surface area contributed by atoms with Gasteiger partial charge in [0, 0.05) is 19.3 Å². The van der Waals surface area contributed by atoms with Crippen LogP contribution in [-0.2, 0) is 7.05 Å². The summed E-state index contributed by atoms with van der Waals surface area (Å²) in [5.74, 6) is -0.188. The lowest BCUT2D eigenvalue weighted by molar-refractivity contribution is 0.0337. The first kappa shape index (κ1) is 15.5. The van der Waals surface area contributed by atoms with Gasteiger partial charge in [0.05, 0.1) is 18.5 Å². The molecule has 3 rings (SSSR count). The topological polar surface area (TPSA) is 70.4 Å². The maximum atomic E-state index is 12.3. The molecule has 22 heavy (non-hydrogen) atoms. The van der Waals surface area contributed by atoms with E-state index in [1.54, 1.807) is 17.1 Å². The van der Waals surface area contributed by atoms with Gasteiger partial charge in [-0.05, 0) is 38.8 Å². The molecule has 0 spiro atoms. The van der Waals surface area contributed by atoms with Crippen LogP contribution < -0.4 is 5.32 Å². The second kappa shape index (κ2) is 6.79. The minimum atomic E-state index is -0.492. The van der Waals surface area contributed by atoms with Crippen LogP contribution in [0.15, 0.2) is 12.5 Å². The number of hydrogen-bond donors (Lipinski definition) is 2. The Morgan fingerprint density at radius 2 is 2.00 bits per heavy atom. The number of likely N-dealkylation sites (tertiary alicyclic amines) is 1. The van der Waals surface area contributed by atoms with E-state index >= 15 is 0 Å². The molecule has 1 aliphatic carbocycles. The summed E-state index contributed by atoms with van der Waals surface area (Å²) in [5, 5.41) is 13.8. The highest BCUT2D eigenvalue weighted by atomic mass is 16.3. The Labute approximate surface area is 131 Å². The van der Waals surface area contributed by atoms with Gasteiger partial charge in [0.15, 0.2) is 0 Å². The second-order valence-corrected chi connectivity index (χ2v) is 6.59. The van der Waals surface area contributed by atoms with Crippen molar-refractivity contribution in [3.05, 3.63) is 18.2 Å². The van der Waals surface area contributed by atoms with Crippen LogP contribution in [0.1, 0.15) is 49.0 Å². The Kier molecular flexibility index (Phi) is 4.78. The second-order valence-electron chi connectivity index (χ2n) is 6.59. The number of carbonyl (C=O) groups is 1. The minimum Gasteiger partial charge on any atom is -0.389 e. The monoisotopic (exact) mass is 306 g/mol. The van der Waals surface area contributed by atoms with Crippen LogP contribution in [0, 0.1) is 0 Å². The van der Waals surface area contributed by atoms with Crippen molar-refractivity contribution in [2.75, 3.05) is 13.1 Å². The molecule has 6 nitrogen and oxygen atoms in total. The summed E-state index contributed by atoms with van der Waals surface area (Å²) in [6, 6.07) is 0.00152. The fourth-order valence-electron chi connectivity index (χ4n) is 3.73. The average molecular weight is 306 g/mol.